The predicted molar refractivity (Wildman–Crippen MR) is 70.9 cm³/mol. The van der Waals surface area contributed by atoms with E-state index in [1.807, 2.05) is 0 Å². The Balaban J connectivity index is 2.30. The lowest BCUT2D eigenvalue weighted by atomic mass is 10.2. The van der Waals surface area contributed by atoms with Gasteiger partial charge in [0.15, 0.2) is 0 Å². The molecule has 2 heterocycles. The largest absolute Gasteiger partial charge is 0.376 e. The first-order valence-electron chi connectivity index (χ1n) is 5.24. The van der Waals surface area contributed by atoms with E-state index in [-0.39, 0.29) is 12.5 Å². The molecule has 0 aliphatic carbocycles. The highest BCUT2D eigenvalue weighted by molar-refractivity contribution is 9.11. The summed E-state index contributed by atoms with van der Waals surface area (Å²) >= 11 is 6.52. The summed E-state index contributed by atoms with van der Waals surface area (Å²) in [5.74, 6) is -0.266. The number of pyridine rings is 1. The van der Waals surface area contributed by atoms with E-state index in [4.69, 9.17) is 10.00 Å². The second-order valence-corrected chi connectivity index (χ2v) is 5.35. The Hall–Kier alpha value is -0.970. The summed E-state index contributed by atoms with van der Waals surface area (Å²) in [5, 5.41) is 9.02. The van der Waals surface area contributed by atoms with Gasteiger partial charge in [0.1, 0.15) is 16.3 Å². The van der Waals surface area contributed by atoms with Crippen molar-refractivity contribution in [2.75, 3.05) is 19.8 Å². The minimum atomic E-state index is -0.557. The molecule has 18 heavy (non-hydrogen) atoms. The highest BCUT2D eigenvalue weighted by Gasteiger charge is 2.29. The zero-order valence-electron chi connectivity index (χ0n) is 9.27. The van der Waals surface area contributed by atoms with Crippen molar-refractivity contribution in [3.8, 4) is 6.07 Å². The van der Waals surface area contributed by atoms with E-state index in [1.54, 1.807) is 12.1 Å². The fourth-order valence-corrected chi connectivity index (χ4v) is 2.36. The first-order chi connectivity index (χ1) is 8.63. The maximum absolute atomic E-state index is 12.3. The van der Waals surface area contributed by atoms with Crippen LogP contribution in [0, 0.1) is 11.3 Å². The number of amides is 1. The van der Waals surface area contributed by atoms with Gasteiger partial charge in [-0.1, -0.05) is 0 Å². The Kier molecular flexibility index (Phi) is 4.32. The van der Waals surface area contributed by atoms with Gasteiger partial charge in [-0.05, 0) is 44.0 Å². The number of nitrogens with zero attached hydrogens (tertiary/aromatic N) is 3. The van der Waals surface area contributed by atoms with Crippen molar-refractivity contribution in [2.24, 2.45) is 0 Å². The third-order valence-electron chi connectivity index (χ3n) is 2.55. The van der Waals surface area contributed by atoms with Crippen molar-refractivity contribution < 1.29 is 9.53 Å². The Morgan fingerprint density at radius 2 is 2.33 bits per heavy atom. The summed E-state index contributed by atoms with van der Waals surface area (Å²) in [5.41, 5.74) is 0.298. The first-order valence-corrected chi connectivity index (χ1v) is 6.82. The van der Waals surface area contributed by atoms with Crippen LogP contribution in [0.3, 0.4) is 0 Å². The fraction of sp³-hybridized carbons (Fsp3) is 0.364. The zero-order chi connectivity index (χ0) is 13.1. The molecule has 2 rings (SSSR count). The smallest absolute Gasteiger partial charge is 0.274 e. The number of halogens is 2. The second-order valence-electron chi connectivity index (χ2n) is 3.68. The van der Waals surface area contributed by atoms with Crippen LogP contribution < -0.4 is 0 Å². The minimum absolute atomic E-state index is 0.244. The molecule has 1 aliphatic heterocycles. The molecule has 0 bridgehead atoms. The number of hydrogen-bond acceptors (Lipinski definition) is 4. The monoisotopic (exact) mass is 373 g/mol. The number of hydrogen-bond donors (Lipinski definition) is 0. The fourth-order valence-electron chi connectivity index (χ4n) is 1.66. The van der Waals surface area contributed by atoms with E-state index in [1.165, 1.54) is 4.90 Å². The SMILES string of the molecule is N#CC1COCCN1C(=O)c1nc(Br)ccc1Br. The summed E-state index contributed by atoms with van der Waals surface area (Å²) in [6, 6.07) is 4.99. The van der Waals surface area contributed by atoms with Gasteiger partial charge in [0.05, 0.1) is 19.3 Å². The molecule has 1 aromatic rings. The molecule has 1 atom stereocenters. The van der Waals surface area contributed by atoms with Crippen LogP contribution in [0.5, 0.6) is 0 Å². The summed E-state index contributed by atoms with van der Waals surface area (Å²) in [4.78, 5) is 18.0. The molecular weight excluding hydrogens is 366 g/mol. The van der Waals surface area contributed by atoms with Crippen molar-refractivity contribution in [2.45, 2.75) is 6.04 Å². The number of ether oxygens (including phenoxy) is 1. The van der Waals surface area contributed by atoms with E-state index in [0.717, 1.165) is 0 Å². The van der Waals surface area contributed by atoms with Crippen LogP contribution in [0.1, 0.15) is 10.5 Å². The average molecular weight is 375 g/mol. The van der Waals surface area contributed by atoms with Gasteiger partial charge in [0.25, 0.3) is 5.91 Å². The lowest BCUT2D eigenvalue weighted by molar-refractivity contribution is 0.0128. The van der Waals surface area contributed by atoms with Crippen LogP contribution in [0.25, 0.3) is 0 Å². The first kappa shape index (κ1) is 13.5. The third kappa shape index (κ3) is 2.71. The van der Waals surface area contributed by atoms with Crippen LogP contribution in [-0.4, -0.2) is 41.6 Å². The van der Waals surface area contributed by atoms with Crippen molar-refractivity contribution in [1.82, 2.24) is 9.88 Å². The molecule has 1 unspecified atom stereocenters. The number of morpholine rings is 1. The van der Waals surface area contributed by atoms with Gasteiger partial charge in [-0.2, -0.15) is 5.26 Å². The Labute approximate surface area is 121 Å². The molecule has 1 saturated heterocycles. The van der Waals surface area contributed by atoms with Gasteiger partial charge in [0.2, 0.25) is 0 Å². The van der Waals surface area contributed by atoms with Crippen LogP contribution in [0.15, 0.2) is 21.2 Å². The summed E-state index contributed by atoms with van der Waals surface area (Å²) in [7, 11) is 0. The highest BCUT2D eigenvalue weighted by Crippen LogP contribution is 2.21. The molecule has 0 aromatic carbocycles. The van der Waals surface area contributed by atoms with E-state index < -0.39 is 6.04 Å². The van der Waals surface area contributed by atoms with E-state index in [0.29, 0.717) is 27.9 Å². The number of nitriles is 1. The molecule has 1 aromatic heterocycles. The molecule has 0 N–H and O–H groups in total. The minimum Gasteiger partial charge on any atom is -0.376 e. The van der Waals surface area contributed by atoms with E-state index >= 15 is 0 Å². The standard InChI is InChI=1S/C11H9Br2N3O2/c12-8-1-2-9(13)15-10(8)11(17)16-3-4-18-6-7(16)5-14/h1-2,7H,3-4,6H2. The maximum atomic E-state index is 12.3. The molecule has 0 spiro atoms. The molecule has 1 amide bonds. The summed E-state index contributed by atoms with van der Waals surface area (Å²) < 4.78 is 6.37. The number of aromatic nitrogens is 1. The van der Waals surface area contributed by atoms with Crippen LogP contribution in [0.2, 0.25) is 0 Å². The normalized spacial score (nSPS) is 19.4. The van der Waals surface area contributed by atoms with Gasteiger partial charge < -0.3 is 9.64 Å². The van der Waals surface area contributed by atoms with Gasteiger partial charge in [-0.25, -0.2) is 4.98 Å². The lowest BCUT2D eigenvalue weighted by Gasteiger charge is -2.31. The third-order valence-corrected chi connectivity index (χ3v) is 3.63. The summed E-state index contributed by atoms with van der Waals surface area (Å²) in [6.45, 7) is 1.08. The van der Waals surface area contributed by atoms with Crippen LogP contribution >= 0.6 is 31.9 Å². The molecule has 1 aliphatic rings. The van der Waals surface area contributed by atoms with Gasteiger partial charge >= 0.3 is 0 Å². The number of rotatable bonds is 1. The van der Waals surface area contributed by atoms with Crippen molar-refractivity contribution >= 4 is 37.8 Å². The Morgan fingerprint density at radius 1 is 1.56 bits per heavy atom. The Bertz CT molecular complexity index is 516. The quantitative estimate of drug-likeness (QED) is 0.705. The highest BCUT2D eigenvalue weighted by atomic mass is 79.9. The molecule has 0 radical (unpaired) electrons. The number of carbonyl (C=O) groups is 1. The molecule has 94 valence electrons. The van der Waals surface area contributed by atoms with E-state index in [9.17, 15) is 4.79 Å². The van der Waals surface area contributed by atoms with Crippen LogP contribution in [0.4, 0.5) is 0 Å². The average Bonchev–Trinajstić information content (AvgIpc) is 2.40. The zero-order valence-corrected chi connectivity index (χ0v) is 12.4. The van der Waals surface area contributed by atoms with Crippen LogP contribution in [-0.2, 0) is 4.74 Å². The lowest BCUT2D eigenvalue weighted by Crippen LogP contribution is -2.48. The summed E-state index contributed by atoms with van der Waals surface area (Å²) in [6.07, 6.45) is 0. The van der Waals surface area contributed by atoms with Crippen molar-refractivity contribution in [1.29, 1.82) is 5.26 Å². The molecule has 1 fully saturated rings. The van der Waals surface area contributed by atoms with Gasteiger partial charge in [-0.15, -0.1) is 0 Å². The van der Waals surface area contributed by atoms with Crippen molar-refractivity contribution in [3.63, 3.8) is 0 Å². The van der Waals surface area contributed by atoms with Gasteiger partial charge in [0, 0.05) is 11.0 Å². The van der Waals surface area contributed by atoms with E-state index in [2.05, 4.69) is 42.9 Å². The molecular formula is C11H9Br2N3O2. The second kappa shape index (κ2) is 5.78. The topological polar surface area (TPSA) is 66.2 Å². The van der Waals surface area contributed by atoms with Crippen molar-refractivity contribution in [3.05, 3.63) is 26.9 Å². The predicted octanol–water partition coefficient (Wildman–Crippen LogP) is 1.97. The number of carbonyl (C=O) groups excluding carboxylic acids is 1. The molecule has 0 saturated carbocycles. The molecule has 5 nitrogen and oxygen atoms in total. The van der Waals surface area contributed by atoms with Gasteiger partial charge in [-0.3, -0.25) is 4.79 Å². The Morgan fingerprint density at radius 3 is 3.06 bits per heavy atom. The maximum Gasteiger partial charge on any atom is 0.274 e. The molecule has 7 heteroatoms.